The molecule has 2 nitrogen and oxygen atoms in total. The molecule has 0 aromatic heterocycles. The maximum Gasteiger partial charge on any atom is 0.169 e. The second-order valence-corrected chi connectivity index (χ2v) is 5.07. The normalized spacial score (nSPS) is 23.3. The zero-order valence-corrected chi connectivity index (χ0v) is 11.3. The Kier molecular flexibility index (Phi) is 4.84. The fourth-order valence-corrected chi connectivity index (χ4v) is 2.95. The summed E-state index contributed by atoms with van der Waals surface area (Å²) in [5.41, 5.74) is 0.648. The number of ether oxygens (including phenoxy) is 1. The van der Waals surface area contributed by atoms with E-state index in [0.29, 0.717) is 35.7 Å². The molecule has 0 saturated heterocycles. The van der Waals surface area contributed by atoms with Crippen LogP contribution in [-0.4, -0.2) is 19.0 Å². The molecule has 2 unspecified atom stereocenters. The van der Waals surface area contributed by atoms with Crippen LogP contribution in [0.5, 0.6) is 5.75 Å². The molecule has 100 valence electrons. The molecule has 1 aromatic rings. The molecule has 0 spiro atoms. The molecule has 0 heterocycles. The first kappa shape index (κ1) is 13.6. The van der Waals surface area contributed by atoms with Gasteiger partial charge in [-0.15, -0.1) is 11.6 Å². The lowest BCUT2D eigenvalue weighted by Gasteiger charge is -2.19. The van der Waals surface area contributed by atoms with Crippen molar-refractivity contribution in [3.8, 4) is 5.75 Å². The summed E-state index contributed by atoms with van der Waals surface area (Å²) in [5.74, 6) is 1.22. The molecule has 1 aliphatic carbocycles. The fraction of sp³-hybridized carbons (Fsp3) is 0.571. The molecule has 2 rings (SSSR count). The highest BCUT2D eigenvalue weighted by molar-refractivity contribution is 6.18. The topological polar surface area (TPSA) is 21.3 Å². The van der Waals surface area contributed by atoms with Crippen LogP contribution in [0.1, 0.15) is 24.8 Å². The van der Waals surface area contributed by atoms with Crippen LogP contribution in [0, 0.1) is 11.7 Å². The lowest BCUT2D eigenvalue weighted by atomic mass is 10.1. The van der Waals surface area contributed by atoms with Crippen LogP contribution < -0.4 is 10.1 Å². The van der Waals surface area contributed by atoms with Crippen molar-refractivity contribution in [3.05, 3.63) is 29.6 Å². The van der Waals surface area contributed by atoms with Gasteiger partial charge in [0.1, 0.15) is 0 Å². The monoisotopic (exact) mass is 271 g/mol. The Labute approximate surface area is 112 Å². The quantitative estimate of drug-likeness (QED) is 0.830. The highest BCUT2D eigenvalue weighted by Crippen LogP contribution is 2.27. The van der Waals surface area contributed by atoms with Crippen LogP contribution in [0.2, 0.25) is 0 Å². The molecular formula is C14H19ClFNO. The zero-order valence-electron chi connectivity index (χ0n) is 10.6. The summed E-state index contributed by atoms with van der Waals surface area (Å²) in [4.78, 5) is 0. The van der Waals surface area contributed by atoms with Gasteiger partial charge in [-0.05, 0) is 24.8 Å². The molecule has 1 N–H and O–H groups in total. The Hall–Kier alpha value is -0.800. The summed E-state index contributed by atoms with van der Waals surface area (Å²) >= 11 is 5.93. The van der Waals surface area contributed by atoms with Crippen molar-refractivity contribution >= 4 is 11.6 Å². The van der Waals surface area contributed by atoms with E-state index in [1.54, 1.807) is 12.1 Å². The largest absolute Gasteiger partial charge is 0.494 e. The highest BCUT2D eigenvalue weighted by atomic mass is 35.5. The average Bonchev–Trinajstić information content (AvgIpc) is 2.85. The van der Waals surface area contributed by atoms with Crippen molar-refractivity contribution in [2.45, 2.75) is 31.8 Å². The van der Waals surface area contributed by atoms with Crippen LogP contribution in [0.25, 0.3) is 0 Å². The standard InChI is InChI=1S/C14H19ClFNO/c1-18-13-7-3-5-11(14(13)16)9-17-12-6-2-4-10(12)8-15/h3,5,7,10,12,17H,2,4,6,8-9H2,1H3. The zero-order chi connectivity index (χ0) is 13.0. The summed E-state index contributed by atoms with van der Waals surface area (Å²) < 4.78 is 18.9. The van der Waals surface area contributed by atoms with Crippen LogP contribution in [0.3, 0.4) is 0 Å². The van der Waals surface area contributed by atoms with Crippen LogP contribution in [-0.2, 0) is 6.54 Å². The van der Waals surface area contributed by atoms with Crippen molar-refractivity contribution in [1.29, 1.82) is 0 Å². The van der Waals surface area contributed by atoms with E-state index < -0.39 is 0 Å². The second kappa shape index (κ2) is 6.39. The van der Waals surface area contributed by atoms with Gasteiger partial charge in [0.25, 0.3) is 0 Å². The van der Waals surface area contributed by atoms with Gasteiger partial charge in [-0.3, -0.25) is 0 Å². The number of alkyl halides is 1. The number of rotatable bonds is 5. The van der Waals surface area contributed by atoms with E-state index in [-0.39, 0.29) is 5.82 Å². The van der Waals surface area contributed by atoms with Gasteiger partial charge in [0.2, 0.25) is 0 Å². The van der Waals surface area contributed by atoms with Crippen LogP contribution >= 0.6 is 11.6 Å². The lowest BCUT2D eigenvalue weighted by molar-refractivity contribution is 0.379. The predicted octanol–water partition coefficient (Wildman–Crippen LogP) is 3.33. The average molecular weight is 272 g/mol. The number of halogens is 2. The summed E-state index contributed by atoms with van der Waals surface area (Å²) in [7, 11) is 1.48. The first-order valence-electron chi connectivity index (χ1n) is 6.37. The van der Waals surface area contributed by atoms with Crippen molar-refractivity contribution in [2.75, 3.05) is 13.0 Å². The van der Waals surface area contributed by atoms with Crippen molar-refractivity contribution in [2.24, 2.45) is 5.92 Å². The van der Waals surface area contributed by atoms with Gasteiger partial charge >= 0.3 is 0 Å². The van der Waals surface area contributed by atoms with Crippen molar-refractivity contribution < 1.29 is 9.13 Å². The van der Waals surface area contributed by atoms with E-state index in [1.165, 1.54) is 20.0 Å². The van der Waals surface area contributed by atoms with Gasteiger partial charge in [0.15, 0.2) is 11.6 Å². The van der Waals surface area contributed by atoms with E-state index in [2.05, 4.69) is 5.32 Å². The summed E-state index contributed by atoms with van der Waals surface area (Å²) in [6.07, 6.45) is 3.50. The number of hydrogen-bond acceptors (Lipinski definition) is 2. The SMILES string of the molecule is COc1cccc(CNC2CCCC2CCl)c1F. The molecule has 0 radical (unpaired) electrons. The third kappa shape index (κ3) is 2.96. The number of methoxy groups -OCH3 is 1. The lowest BCUT2D eigenvalue weighted by Crippen LogP contribution is -2.32. The maximum absolute atomic E-state index is 13.9. The third-order valence-corrected chi connectivity index (χ3v) is 4.07. The summed E-state index contributed by atoms with van der Waals surface area (Å²) in [5, 5.41) is 3.41. The van der Waals surface area contributed by atoms with Crippen LogP contribution in [0.4, 0.5) is 4.39 Å². The van der Waals surface area contributed by atoms with Gasteiger partial charge in [-0.1, -0.05) is 18.6 Å². The molecule has 1 aliphatic rings. The van der Waals surface area contributed by atoms with Crippen LogP contribution in [0.15, 0.2) is 18.2 Å². The summed E-state index contributed by atoms with van der Waals surface area (Å²) in [6.45, 7) is 0.529. The molecule has 1 saturated carbocycles. The smallest absolute Gasteiger partial charge is 0.169 e. The van der Waals surface area contributed by atoms with E-state index in [0.717, 1.165) is 6.42 Å². The molecule has 4 heteroatoms. The first-order valence-corrected chi connectivity index (χ1v) is 6.90. The molecule has 2 atom stereocenters. The van der Waals surface area contributed by atoms with E-state index in [4.69, 9.17) is 16.3 Å². The van der Waals surface area contributed by atoms with Crippen molar-refractivity contribution in [3.63, 3.8) is 0 Å². The number of hydrogen-bond donors (Lipinski definition) is 1. The highest BCUT2D eigenvalue weighted by Gasteiger charge is 2.26. The van der Waals surface area contributed by atoms with Gasteiger partial charge in [0.05, 0.1) is 7.11 Å². The minimum absolute atomic E-state index is 0.270. The van der Waals surface area contributed by atoms with Gasteiger partial charge in [-0.25, -0.2) is 4.39 Å². The Bertz CT molecular complexity index is 399. The third-order valence-electron chi connectivity index (χ3n) is 3.68. The number of benzene rings is 1. The Morgan fingerprint density at radius 1 is 1.44 bits per heavy atom. The van der Waals surface area contributed by atoms with Gasteiger partial charge < -0.3 is 10.1 Å². The first-order chi connectivity index (χ1) is 8.76. The van der Waals surface area contributed by atoms with Gasteiger partial charge in [0, 0.05) is 24.0 Å². The second-order valence-electron chi connectivity index (χ2n) is 4.77. The Morgan fingerprint density at radius 3 is 3.00 bits per heavy atom. The molecule has 0 aliphatic heterocycles. The number of nitrogens with one attached hydrogen (secondary N) is 1. The van der Waals surface area contributed by atoms with Gasteiger partial charge in [-0.2, -0.15) is 0 Å². The van der Waals surface area contributed by atoms with Crippen molar-refractivity contribution in [1.82, 2.24) is 5.32 Å². The minimum Gasteiger partial charge on any atom is -0.494 e. The predicted molar refractivity (Wildman–Crippen MR) is 71.6 cm³/mol. The molecule has 0 amide bonds. The molecule has 0 bridgehead atoms. The molecule has 18 heavy (non-hydrogen) atoms. The Morgan fingerprint density at radius 2 is 2.28 bits per heavy atom. The maximum atomic E-state index is 13.9. The molecule has 1 aromatic carbocycles. The minimum atomic E-state index is -0.270. The fourth-order valence-electron chi connectivity index (χ4n) is 2.58. The Balaban J connectivity index is 1.98. The van der Waals surface area contributed by atoms with E-state index in [9.17, 15) is 4.39 Å². The van der Waals surface area contributed by atoms with E-state index >= 15 is 0 Å². The van der Waals surface area contributed by atoms with E-state index in [1.807, 2.05) is 6.07 Å². The molecule has 1 fully saturated rings. The molecular weight excluding hydrogens is 253 g/mol. The summed E-state index contributed by atoms with van der Waals surface area (Å²) in [6, 6.07) is 5.64.